The zero-order chi connectivity index (χ0) is 14.5. The lowest BCUT2D eigenvalue weighted by molar-refractivity contribution is 0.377. The molecule has 3 nitrogen and oxygen atoms in total. The second-order valence-corrected chi connectivity index (χ2v) is 5.60. The van der Waals surface area contributed by atoms with E-state index in [1.807, 2.05) is 6.07 Å². The quantitative estimate of drug-likeness (QED) is 0.858. The van der Waals surface area contributed by atoms with Gasteiger partial charge in [-0.1, -0.05) is 20.8 Å². The number of benzene rings is 1. The van der Waals surface area contributed by atoms with Crippen LogP contribution in [0.2, 0.25) is 0 Å². The lowest BCUT2D eigenvalue weighted by atomic mass is 9.92. The van der Waals surface area contributed by atoms with Gasteiger partial charge in [-0.25, -0.2) is 4.39 Å². The topological polar surface area (TPSA) is 53.0 Å². The van der Waals surface area contributed by atoms with E-state index in [2.05, 4.69) is 25.7 Å². The van der Waals surface area contributed by atoms with Crippen molar-refractivity contribution in [1.29, 1.82) is 5.26 Å². The zero-order valence-corrected chi connectivity index (χ0v) is 11.9. The third-order valence-corrected chi connectivity index (χ3v) is 3.04. The molecule has 0 heterocycles. The van der Waals surface area contributed by atoms with E-state index < -0.39 is 0 Å². The summed E-state index contributed by atoms with van der Waals surface area (Å²) in [6.07, 6.45) is 0.957. The van der Waals surface area contributed by atoms with Crippen LogP contribution in [0.25, 0.3) is 0 Å². The molecule has 0 radical (unpaired) electrons. The van der Waals surface area contributed by atoms with Gasteiger partial charge in [-0.3, -0.25) is 0 Å². The first-order chi connectivity index (χ1) is 8.91. The molecule has 19 heavy (non-hydrogen) atoms. The van der Waals surface area contributed by atoms with Gasteiger partial charge in [0.1, 0.15) is 5.82 Å². The van der Waals surface area contributed by atoms with Crippen LogP contribution < -0.4 is 10.6 Å². The first kappa shape index (κ1) is 15.5. The molecule has 0 saturated carbocycles. The number of nitriles is 1. The minimum Gasteiger partial charge on any atom is -0.371 e. The summed E-state index contributed by atoms with van der Waals surface area (Å²) in [6, 6.07) is 6.45. The van der Waals surface area contributed by atoms with Gasteiger partial charge in [-0.05, 0) is 36.6 Å². The fourth-order valence-corrected chi connectivity index (χ4v) is 1.97. The van der Waals surface area contributed by atoms with E-state index in [0.717, 1.165) is 25.2 Å². The summed E-state index contributed by atoms with van der Waals surface area (Å²) in [4.78, 5) is 2.09. The van der Waals surface area contributed by atoms with Gasteiger partial charge in [-0.2, -0.15) is 5.26 Å². The van der Waals surface area contributed by atoms with Gasteiger partial charge in [0.25, 0.3) is 0 Å². The Balaban J connectivity index is 3.05. The van der Waals surface area contributed by atoms with E-state index in [-0.39, 0.29) is 11.2 Å². The molecule has 0 aliphatic carbocycles. The number of hydrogen-bond donors (Lipinski definition) is 1. The maximum atomic E-state index is 13.5. The normalized spacial score (nSPS) is 11.2. The van der Waals surface area contributed by atoms with Crippen LogP contribution in [-0.2, 0) is 0 Å². The molecule has 0 atom stereocenters. The zero-order valence-electron chi connectivity index (χ0n) is 11.9. The highest BCUT2D eigenvalue weighted by Gasteiger charge is 2.20. The van der Waals surface area contributed by atoms with Crippen LogP contribution in [0, 0.1) is 22.6 Å². The number of hydrogen-bond acceptors (Lipinski definition) is 3. The third-order valence-electron chi connectivity index (χ3n) is 3.04. The molecule has 0 aromatic heterocycles. The van der Waals surface area contributed by atoms with Crippen LogP contribution >= 0.6 is 0 Å². The van der Waals surface area contributed by atoms with Gasteiger partial charge in [0.15, 0.2) is 0 Å². The highest BCUT2D eigenvalue weighted by molar-refractivity contribution is 5.52. The SMILES string of the molecule is CCCN(CC(C)(C)CN)c1cc(F)cc(C#N)c1. The van der Waals surface area contributed by atoms with Crippen molar-refractivity contribution in [3.63, 3.8) is 0 Å². The number of nitrogens with zero attached hydrogens (tertiary/aromatic N) is 2. The molecule has 0 aliphatic rings. The fourth-order valence-electron chi connectivity index (χ4n) is 1.97. The second-order valence-electron chi connectivity index (χ2n) is 5.60. The molecule has 0 fully saturated rings. The van der Waals surface area contributed by atoms with Gasteiger partial charge in [-0.15, -0.1) is 0 Å². The van der Waals surface area contributed by atoms with Gasteiger partial charge < -0.3 is 10.6 Å². The largest absolute Gasteiger partial charge is 0.371 e. The maximum absolute atomic E-state index is 13.5. The molecule has 1 aromatic carbocycles. The standard InChI is InChI=1S/C15H22FN3/c1-4-5-19(11-15(2,3)10-18)14-7-12(9-17)6-13(16)8-14/h6-8H,4-5,10-11,18H2,1-3H3. The first-order valence-corrected chi connectivity index (χ1v) is 6.57. The second kappa shape index (κ2) is 6.53. The minimum absolute atomic E-state index is 0.0473. The summed E-state index contributed by atoms with van der Waals surface area (Å²) in [6.45, 7) is 8.37. The molecule has 0 unspecified atom stereocenters. The average Bonchev–Trinajstić information content (AvgIpc) is 2.37. The van der Waals surface area contributed by atoms with E-state index in [4.69, 9.17) is 11.0 Å². The van der Waals surface area contributed by atoms with E-state index in [0.29, 0.717) is 12.1 Å². The van der Waals surface area contributed by atoms with Crippen molar-refractivity contribution in [3.05, 3.63) is 29.6 Å². The maximum Gasteiger partial charge on any atom is 0.126 e. The minimum atomic E-state index is -0.374. The van der Waals surface area contributed by atoms with Gasteiger partial charge in [0, 0.05) is 18.8 Å². The van der Waals surface area contributed by atoms with Crippen molar-refractivity contribution in [2.45, 2.75) is 27.2 Å². The van der Waals surface area contributed by atoms with E-state index in [1.165, 1.54) is 12.1 Å². The molecular formula is C15H22FN3. The van der Waals surface area contributed by atoms with Crippen LogP contribution in [0.3, 0.4) is 0 Å². The molecule has 0 spiro atoms. The average molecular weight is 263 g/mol. The summed E-state index contributed by atoms with van der Waals surface area (Å²) >= 11 is 0. The van der Waals surface area contributed by atoms with Crippen LogP contribution in [0.5, 0.6) is 0 Å². The predicted octanol–water partition coefficient (Wildman–Crippen LogP) is 2.90. The molecule has 0 saturated heterocycles. The van der Waals surface area contributed by atoms with Crippen LogP contribution in [-0.4, -0.2) is 19.6 Å². The fraction of sp³-hybridized carbons (Fsp3) is 0.533. The van der Waals surface area contributed by atoms with E-state index in [1.54, 1.807) is 6.07 Å². The van der Waals surface area contributed by atoms with Crippen molar-refractivity contribution in [2.24, 2.45) is 11.1 Å². The Kier molecular flexibility index (Phi) is 5.31. The molecule has 0 bridgehead atoms. The number of halogens is 1. The first-order valence-electron chi connectivity index (χ1n) is 6.57. The molecule has 4 heteroatoms. The Morgan fingerprint density at radius 1 is 1.37 bits per heavy atom. The molecule has 0 aliphatic heterocycles. The summed E-state index contributed by atoms with van der Waals surface area (Å²) in [5.74, 6) is -0.374. The predicted molar refractivity (Wildman–Crippen MR) is 76.5 cm³/mol. The van der Waals surface area contributed by atoms with Crippen LogP contribution in [0.15, 0.2) is 18.2 Å². The summed E-state index contributed by atoms with van der Waals surface area (Å²) < 4.78 is 13.5. The smallest absolute Gasteiger partial charge is 0.126 e. The van der Waals surface area contributed by atoms with E-state index in [9.17, 15) is 4.39 Å². The van der Waals surface area contributed by atoms with Crippen LogP contribution in [0.4, 0.5) is 10.1 Å². The third kappa shape index (κ3) is 4.53. The van der Waals surface area contributed by atoms with Gasteiger partial charge >= 0.3 is 0 Å². The molecule has 104 valence electrons. The molecule has 1 rings (SSSR count). The van der Waals surface area contributed by atoms with Crippen molar-refractivity contribution in [3.8, 4) is 6.07 Å². The Hall–Kier alpha value is -1.60. The Bertz CT molecular complexity index is 463. The Morgan fingerprint density at radius 2 is 2.05 bits per heavy atom. The van der Waals surface area contributed by atoms with Crippen LogP contribution in [0.1, 0.15) is 32.8 Å². The molecule has 1 aromatic rings. The molecule has 0 amide bonds. The lowest BCUT2D eigenvalue weighted by Gasteiger charge is -2.33. The number of nitrogens with two attached hydrogens (primary N) is 1. The lowest BCUT2D eigenvalue weighted by Crippen LogP contribution is -2.39. The summed E-state index contributed by atoms with van der Waals surface area (Å²) in [5, 5.41) is 8.92. The Labute approximate surface area is 114 Å². The number of rotatable bonds is 6. The van der Waals surface area contributed by atoms with Gasteiger partial charge in [0.2, 0.25) is 0 Å². The highest BCUT2D eigenvalue weighted by Crippen LogP contribution is 2.23. The molecule has 2 N–H and O–H groups in total. The highest BCUT2D eigenvalue weighted by atomic mass is 19.1. The Morgan fingerprint density at radius 3 is 2.58 bits per heavy atom. The number of anilines is 1. The van der Waals surface area contributed by atoms with Crippen molar-refractivity contribution in [2.75, 3.05) is 24.5 Å². The van der Waals surface area contributed by atoms with Crippen molar-refractivity contribution < 1.29 is 4.39 Å². The summed E-state index contributed by atoms with van der Waals surface area (Å²) in [7, 11) is 0. The van der Waals surface area contributed by atoms with E-state index >= 15 is 0 Å². The van der Waals surface area contributed by atoms with Gasteiger partial charge in [0.05, 0.1) is 11.6 Å². The summed E-state index contributed by atoms with van der Waals surface area (Å²) in [5.41, 5.74) is 6.81. The van der Waals surface area contributed by atoms with Crippen molar-refractivity contribution >= 4 is 5.69 Å². The molecular weight excluding hydrogens is 241 g/mol. The monoisotopic (exact) mass is 263 g/mol. The van der Waals surface area contributed by atoms with Crippen molar-refractivity contribution in [1.82, 2.24) is 0 Å².